The summed E-state index contributed by atoms with van der Waals surface area (Å²) in [5.74, 6) is 0.999. The Morgan fingerprint density at radius 1 is 1.29 bits per heavy atom. The molecule has 1 aliphatic rings. The van der Waals surface area contributed by atoms with E-state index in [0.717, 1.165) is 0 Å². The van der Waals surface area contributed by atoms with Crippen molar-refractivity contribution in [3.63, 3.8) is 0 Å². The fraction of sp³-hybridized carbons (Fsp3) is 0.417. The van der Waals surface area contributed by atoms with Gasteiger partial charge in [0.1, 0.15) is 5.75 Å². The number of para-hydroxylation sites is 1. The SMILES string of the molecule is CC(C)C1(C)Oc2ccccc2C1=O. The molecule has 0 fully saturated rings. The molecule has 1 atom stereocenters. The normalized spacial score (nSPS) is 25.0. The fourth-order valence-corrected chi connectivity index (χ4v) is 1.67. The summed E-state index contributed by atoms with van der Waals surface area (Å²) in [7, 11) is 0. The van der Waals surface area contributed by atoms with E-state index in [1.165, 1.54) is 0 Å². The number of ether oxygens (including phenoxy) is 1. The summed E-state index contributed by atoms with van der Waals surface area (Å²) in [5, 5.41) is 0. The first-order valence-corrected chi connectivity index (χ1v) is 4.88. The molecule has 1 heterocycles. The Kier molecular flexibility index (Phi) is 1.88. The van der Waals surface area contributed by atoms with Gasteiger partial charge in [-0.05, 0) is 19.1 Å². The first kappa shape index (κ1) is 9.25. The summed E-state index contributed by atoms with van der Waals surface area (Å²) in [6.07, 6.45) is 0. The summed E-state index contributed by atoms with van der Waals surface area (Å²) >= 11 is 0. The number of ketones is 1. The molecule has 0 N–H and O–H groups in total. The van der Waals surface area contributed by atoms with Crippen LogP contribution in [0, 0.1) is 5.92 Å². The van der Waals surface area contributed by atoms with E-state index in [9.17, 15) is 4.79 Å². The number of hydrogen-bond acceptors (Lipinski definition) is 2. The van der Waals surface area contributed by atoms with E-state index in [1.807, 2.05) is 45.0 Å². The molecule has 0 saturated heterocycles. The van der Waals surface area contributed by atoms with E-state index in [4.69, 9.17) is 4.74 Å². The van der Waals surface area contributed by atoms with Gasteiger partial charge in [0.05, 0.1) is 5.56 Å². The molecule has 1 aliphatic heterocycles. The molecule has 0 aliphatic carbocycles. The van der Waals surface area contributed by atoms with Crippen LogP contribution in [0.3, 0.4) is 0 Å². The molecular weight excluding hydrogens is 176 g/mol. The van der Waals surface area contributed by atoms with E-state index in [-0.39, 0.29) is 11.7 Å². The minimum Gasteiger partial charge on any atom is -0.478 e. The van der Waals surface area contributed by atoms with E-state index in [1.54, 1.807) is 0 Å². The third kappa shape index (κ3) is 1.07. The quantitative estimate of drug-likeness (QED) is 0.680. The van der Waals surface area contributed by atoms with E-state index < -0.39 is 5.60 Å². The van der Waals surface area contributed by atoms with Gasteiger partial charge in [0.15, 0.2) is 5.60 Å². The van der Waals surface area contributed by atoms with Gasteiger partial charge in [-0.3, -0.25) is 4.79 Å². The molecule has 0 spiro atoms. The molecule has 1 aromatic carbocycles. The highest BCUT2D eigenvalue weighted by Gasteiger charge is 2.45. The number of hydrogen-bond donors (Lipinski definition) is 0. The van der Waals surface area contributed by atoms with Crippen LogP contribution in [0.15, 0.2) is 24.3 Å². The molecule has 0 bridgehead atoms. The average Bonchev–Trinajstić information content (AvgIpc) is 2.42. The second kappa shape index (κ2) is 2.84. The maximum absolute atomic E-state index is 12.0. The molecule has 14 heavy (non-hydrogen) atoms. The van der Waals surface area contributed by atoms with Crippen LogP contribution in [-0.4, -0.2) is 11.4 Å². The molecule has 1 unspecified atom stereocenters. The van der Waals surface area contributed by atoms with Crippen LogP contribution in [0.1, 0.15) is 31.1 Å². The Hall–Kier alpha value is -1.31. The largest absolute Gasteiger partial charge is 0.478 e. The van der Waals surface area contributed by atoms with E-state index >= 15 is 0 Å². The van der Waals surface area contributed by atoms with Crippen molar-refractivity contribution < 1.29 is 9.53 Å². The van der Waals surface area contributed by atoms with Gasteiger partial charge < -0.3 is 4.74 Å². The maximum atomic E-state index is 12.0. The number of fused-ring (bicyclic) bond motifs is 1. The monoisotopic (exact) mass is 190 g/mol. The van der Waals surface area contributed by atoms with Gasteiger partial charge in [-0.1, -0.05) is 26.0 Å². The first-order valence-electron chi connectivity index (χ1n) is 4.88. The van der Waals surface area contributed by atoms with Crippen molar-refractivity contribution in [2.24, 2.45) is 5.92 Å². The molecule has 1 aromatic rings. The highest BCUT2D eigenvalue weighted by Crippen LogP contribution is 2.38. The van der Waals surface area contributed by atoms with E-state index in [2.05, 4.69) is 0 Å². The molecule has 2 nitrogen and oxygen atoms in total. The Morgan fingerprint density at radius 2 is 1.93 bits per heavy atom. The van der Waals surface area contributed by atoms with Gasteiger partial charge in [0, 0.05) is 5.92 Å². The van der Waals surface area contributed by atoms with Crippen LogP contribution in [-0.2, 0) is 0 Å². The lowest BCUT2D eigenvalue weighted by atomic mass is 9.87. The van der Waals surface area contributed by atoms with Gasteiger partial charge in [0.25, 0.3) is 0 Å². The van der Waals surface area contributed by atoms with Crippen LogP contribution in [0.2, 0.25) is 0 Å². The van der Waals surface area contributed by atoms with Gasteiger partial charge in [0.2, 0.25) is 5.78 Å². The third-order valence-electron chi connectivity index (χ3n) is 3.01. The van der Waals surface area contributed by atoms with Gasteiger partial charge >= 0.3 is 0 Å². The van der Waals surface area contributed by atoms with Crippen LogP contribution in [0.5, 0.6) is 5.75 Å². The number of benzene rings is 1. The summed E-state index contributed by atoms with van der Waals surface area (Å²) in [4.78, 5) is 12.0. The van der Waals surface area contributed by atoms with E-state index in [0.29, 0.717) is 11.3 Å². The minimum absolute atomic E-state index is 0.100. The molecule has 0 saturated carbocycles. The molecule has 0 amide bonds. The second-order valence-electron chi connectivity index (χ2n) is 4.19. The molecule has 2 heteroatoms. The van der Waals surface area contributed by atoms with Crippen LogP contribution in [0.4, 0.5) is 0 Å². The number of carbonyl (C=O) groups excluding carboxylic acids is 1. The Labute approximate surface area is 83.9 Å². The Balaban J connectivity index is 2.49. The first-order chi connectivity index (χ1) is 6.55. The molecule has 0 aromatic heterocycles. The maximum Gasteiger partial charge on any atom is 0.210 e. The van der Waals surface area contributed by atoms with Crippen molar-refractivity contribution in [1.82, 2.24) is 0 Å². The molecule has 2 rings (SSSR count). The highest BCUT2D eigenvalue weighted by molar-refractivity contribution is 6.07. The summed E-state index contributed by atoms with van der Waals surface area (Å²) in [5.41, 5.74) is 0.0349. The zero-order valence-electron chi connectivity index (χ0n) is 8.70. The van der Waals surface area contributed by atoms with Crippen molar-refractivity contribution in [1.29, 1.82) is 0 Å². The lowest BCUT2D eigenvalue weighted by molar-refractivity contribution is 0.0445. The fourth-order valence-electron chi connectivity index (χ4n) is 1.67. The zero-order valence-corrected chi connectivity index (χ0v) is 8.70. The molecule has 0 radical (unpaired) electrons. The topological polar surface area (TPSA) is 26.3 Å². The predicted octanol–water partition coefficient (Wildman–Crippen LogP) is 2.68. The zero-order chi connectivity index (χ0) is 10.3. The minimum atomic E-state index is -0.677. The number of Topliss-reactive ketones (excluding diaryl/α,β-unsaturated/α-hetero) is 1. The highest BCUT2D eigenvalue weighted by atomic mass is 16.5. The smallest absolute Gasteiger partial charge is 0.210 e. The van der Waals surface area contributed by atoms with Crippen LogP contribution < -0.4 is 4.74 Å². The average molecular weight is 190 g/mol. The van der Waals surface area contributed by atoms with Crippen molar-refractivity contribution in [3.05, 3.63) is 29.8 Å². The Bertz CT molecular complexity index is 382. The van der Waals surface area contributed by atoms with Crippen LogP contribution >= 0.6 is 0 Å². The second-order valence-corrected chi connectivity index (χ2v) is 4.19. The van der Waals surface area contributed by atoms with Crippen LogP contribution in [0.25, 0.3) is 0 Å². The van der Waals surface area contributed by atoms with Gasteiger partial charge in [-0.15, -0.1) is 0 Å². The lowest BCUT2D eigenvalue weighted by Gasteiger charge is -2.26. The summed E-state index contributed by atoms with van der Waals surface area (Å²) in [6.45, 7) is 5.87. The van der Waals surface area contributed by atoms with Crippen molar-refractivity contribution in [3.8, 4) is 5.75 Å². The summed E-state index contributed by atoms with van der Waals surface area (Å²) < 4.78 is 5.72. The summed E-state index contributed by atoms with van der Waals surface area (Å²) in [6, 6.07) is 7.43. The van der Waals surface area contributed by atoms with Crippen molar-refractivity contribution in [2.45, 2.75) is 26.4 Å². The van der Waals surface area contributed by atoms with Gasteiger partial charge in [-0.25, -0.2) is 0 Å². The van der Waals surface area contributed by atoms with Gasteiger partial charge in [-0.2, -0.15) is 0 Å². The number of carbonyl (C=O) groups is 1. The van der Waals surface area contributed by atoms with Crippen molar-refractivity contribution in [2.75, 3.05) is 0 Å². The molecule has 74 valence electrons. The standard InChI is InChI=1S/C12H14O2/c1-8(2)12(3)11(13)9-6-4-5-7-10(9)14-12/h4-8H,1-3H3. The number of rotatable bonds is 1. The molecular formula is C12H14O2. The lowest BCUT2D eigenvalue weighted by Crippen LogP contribution is -2.41. The third-order valence-corrected chi connectivity index (χ3v) is 3.01. The Morgan fingerprint density at radius 3 is 2.50 bits per heavy atom. The predicted molar refractivity (Wildman–Crippen MR) is 54.6 cm³/mol. The van der Waals surface area contributed by atoms with Crippen molar-refractivity contribution >= 4 is 5.78 Å².